The van der Waals surface area contributed by atoms with Crippen LogP contribution in [0.5, 0.6) is 11.5 Å². The highest BCUT2D eigenvalue weighted by atomic mass is 16.5. The molecule has 26 heavy (non-hydrogen) atoms. The van der Waals surface area contributed by atoms with Crippen molar-refractivity contribution in [3.63, 3.8) is 0 Å². The molecule has 1 amide bonds. The lowest BCUT2D eigenvalue weighted by molar-refractivity contribution is -0.140. The molecule has 0 aliphatic carbocycles. The molecule has 0 atom stereocenters. The molecule has 7 nitrogen and oxygen atoms in total. The third-order valence-corrected chi connectivity index (χ3v) is 3.70. The summed E-state index contributed by atoms with van der Waals surface area (Å²) in [5.74, 6) is 0.835. The Morgan fingerprint density at radius 1 is 1.04 bits per heavy atom. The van der Waals surface area contributed by atoms with Crippen molar-refractivity contribution in [2.45, 2.75) is 6.42 Å². The first kappa shape index (κ1) is 19.2. The van der Waals surface area contributed by atoms with Gasteiger partial charge in [0.1, 0.15) is 18.1 Å². The molecular formula is C19H22N2O5. The predicted molar refractivity (Wildman–Crippen MR) is 95.3 cm³/mol. The van der Waals surface area contributed by atoms with Gasteiger partial charge in [0.15, 0.2) is 0 Å². The first-order valence-corrected chi connectivity index (χ1v) is 8.17. The summed E-state index contributed by atoms with van der Waals surface area (Å²) in [5.41, 5.74) is 0.460. The van der Waals surface area contributed by atoms with Crippen molar-refractivity contribution in [3.05, 3.63) is 54.4 Å². The lowest BCUT2D eigenvalue weighted by Crippen LogP contribution is -2.36. The average molecular weight is 358 g/mol. The van der Waals surface area contributed by atoms with Crippen LogP contribution in [0.4, 0.5) is 0 Å². The van der Waals surface area contributed by atoms with Crippen LogP contribution in [-0.4, -0.2) is 55.7 Å². The Bertz CT molecular complexity index is 704. The standard InChI is InChI=1S/C19H22N2O5/c1-24-16-5-7-17(8-6-16)26-13-12-21(11-9-18(22)25-2)19(23)15-4-3-10-20-14-15/h3-8,10,14H,9,11-13H2,1-2H3. The topological polar surface area (TPSA) is 78.0 Å². The Morgan fingerprint density at radius 3 is 2.38 bits per heavy atom. The first-order valence-electron chi connectivity index (χ1n) is 8.17. The average Bonchev–Trinajstić information content (AvgIpc) is 2.70. The highest BCUT2D eigenvalue weighted by molar-refractivity contribution is 5.94. The number of ether oxygens (including phenoxy) is 3. The van der Waals surface area contributed by atoms with Crippen molar-refractivity contribution in [1.29, 1.82) is 0 Å². The third-order valence-electron chi connectivity index (χ3n) is 3.70. The zero-order valence-corrected chi connectivity index (χ0v) is 14.9. The molecule has 2 aromatic rings. The van der Waals surface area contributed by atoms with E-state index in [0.717, 1.165) is 5.75 Å². The van der Waals surface area contributed by atoms with Crippen molar-refractivity contribution in [3.8, 4) is 11.5 Å². The molecule has 1 aromatic carbocycles. The Balaban J connectivity index is 1.96. The highest BCUT2D eigenvalue weighted by Gasteiger charge is 2.17. The summed E-state index contributed by atoms with van der Waals surface area (Å²) in [6.45, 7) is 0.864. The van der Waals surface area contributed by atoms with Gasteiger partial charge >= 0.3 is 5.97 Å². The van der Waals surface area contributed by atoms with Crippen LogP contribution < -0.4 is 9.47 Å². The lowest BCUT2D eigenvalue weighted by atomic mass is 10.2. The van der Waals surface area contributed by atoms with Gasteiger partial charge in [-0.1, -0.05) is 0 Å². The smallest absolute Gasteiger partial charge is 0.307 e. The fourth-order valence-electron chi connectivity index (χ4n) is 2.26. The maximum absolute atomic E-state index is 12.6. The SMILES string of the molecule is COC(=O)CCN(CCOc1ccc(OC)cc1)C(=O)c1cccnc1. The molecule has 0 aliphatic heterocycles. The van der Waals surface area contributed by atoms with Crippen LogP contribution in [-0.2, 0) is 9.53 Å². The van der Waals surface area contributed by atoms with Gasteiger partial charge < -0.3 is 19.1 Å². The number of aromatic nitrogens is 1. The number of rotatable bonds is 9. The van der Waals surface area contributed by atoms with Crippen LogP contribution in [0.15, 0.2) is 48.8 Å². The van der Waals surface area contributed by atoms with Crippen LogP contribution in [0.3, 0.4) is 0 Å². The van der Waals surface area contributed by atoms with E-state index < -0.39 is 0 Å². The third kappa shape index (κ3) is 5.77. The summed E-state index contributed by atoms with van der Waals surface area (Å²) in [6, 6.07) is 10.6. The van der Waals surface area contributed by atoms with Gasteiger partial charge in [-0.05, 0) is 36.4 Å². The molecule has 1 aromatic heterocycles. The number of amides is 1. The quantitative estimate of drug-likeness (QED) is 0.640. The fraction of sp³-hybridized carbons (Fsp3) is 0.316. The van der Waals surface area contributed by atoms with Gasteiger partial charge in [0, 0.05) is 18.9 Å². The van der Waals surface area contributed by atoms with Crippen molar-refractivity contribution in [2.24, 2.45) is 0 Å². The molecule has 0 bridgehead atoms. The Morgan fingerprint density at radius 2 is 1.77 bits per heavy atom. The molecule has 0 unspecified atom stereocenters. The minimum atomic E-state index is -0.370. The summed E-state index contributed by atoms with van der Waals surface area (Å²) >= 11 is 0. The second-order valence-corrected chi connectivity index (χ2v) is 5.38. The second kappa shape index (κ2) is 10.0. The molecule has 0 spiro atoms. The summed E-state index contributed by atoms with van der Waals surface area (Å²) in [6.07, 6.45) is 3.21. The van der Waals surface area contributed by atoms with Gasteiger partial charge in [-0.15, -0.1) is 0 Å². The van der Waals surface area contributed by atoms with Crippen LogP contribution in [0, 0.1) is 0 Å². The number of esters is 1. The van der Waals surface area contributed by atoms with E-state index in [9.17, 15) is 9.59 Å². The number of pyridine rings is 1. The molecule has 0 N–H and O–H groups in total. The van der Waals surface area contributed by atoms with E-state index in [0.29, 0.717) is 24.5 Å². The van der Waals surface area contributed by atoms with Gasteiger partial charge in [0.2, 0.25) is 0 Å². The van der Waals surface area contributed by atoms with Crippen LogP contribution in [0.2, 0.25) is 0 Å². The number of carbonyl (C=O) groups is 2. The van der Waals surface area contributed by atoms with Crippen LogP contribution in [0.1, 0.15) is 16.8 Å². The Labute approximate surface area is 152 Å². The van der Waals surface area contributed by atoms with E-state index in [4.69, 9.17) is 9.47 Å². The zero-order valence-electron chi connectivity index (χ0n) is 14.9. The molecule has 138 valence electrons. The number of nitrogens with zero attached hydrogens (tertiary/aromatic N) is 2. The minimum Gasteiger partial charge on any atom is -0.497 e. The molecular weight excluding hydrogens is 336 g/mol. The molecule has 1 heterocycles. The Hall–Kier alpha value is -3.09. The van der Waals surface area contributed by atoms with E-state index >= 15 is 0 Å². The Kier molecular flexibility index (Phi) is 7.42. The summed E-state index contributed by atoms with van der Waals surface area (Å²) in [5, 5.41) is 0. The number of hydrogen-bond donors (Lipinski definition) is 0. The number of methoxy groups -OCH3 is 2. The van der Waals surface area contributed by atoms with E-state index in [2.05, 4.69) is 9.72 Å². The molecule has 0 saturated heterocycles. The minimum absolute atomic E-state index is 0.116. The monoisotopic (exact) mass is 358 g/mol. The predicted octanol–water partition coefficient (Wildman–Crippen LogP) is 2.17. The number of benzene rings is 1. The largest absolute Gasteiger partial charge is 0.497 e. The van der Waals surface area contributed by atoms with Crippen molar-refractivity contribution in [2.75, 3.05) is 33.9 Å². The van der Waals surface area contributed by atoms with Crippen molar-refractivity contribution < 1.29 is 23.8 Å². The van der Waals surface area contributed by atoms with Gasteiger partial charge in [0.25, 0.3) is 5.91 Å². The normalized spacial score (nSPS) is 10.1. The first-order chi connectivity index (χ1) is 12.6. The molecule has 0 saturated carbocycles. The number of carbonyl (C=O) groups excluding carboxylic acids is 2. The molecule has 2 rings (SSSR count). The van der Waals surface area contributed by atoms with E-state index in [1.807, 2.05) is 0 Å². The second-order valence-electron chi connectivity index (χ2n) is 5.38. The van der Waals surface area contributed by atoms with Gasteiger partial charge in [0.05, 0.1) is 32.7 Å². The van der Waals surface area contributed by atoms with Crippen molar-refractivity contribution >= 4 is 11.9 Å². The fourth-order valence-corrected chi connectivity index (χ4v) is 2.26. The van der Waals surface area contributed by atoms with Gasteiger partial charge in [-0.25, -0.2) is 0 Å². The summed E-state index contributed by atoms with van der Waals surface area (Å²) in [4.78, 5) is 29.6. The molecule has 0 radical (unpaired) electrons. The van der Waals surface area contributed by atoms with Gasteiger partial charge in [-0.2, -0.15) is 0 Å². The van der Waals surface area contributed by atoms with E-state index in [1.54, 1.807) is 54.6 Å². The highest BCUT2D eigenvalue weighted by Crippen LogP contribution is 2.17. The molecule has 7 heteroatoms. The van der Waals surface area contributed by atoms with E-state index in [-0.39, 0.29) is 24.8 Å². The number of hydrogen-bond acceptors (Lipinski definition) is 6. The lowest BCUT2D eigenvalue weighted by Gasteiger charge is -2.22. The summed E-state index contributed by atoms with van der Waals surface area (Å²) < 4.78 is 15.4. The molecule has 0 aliphatic rings. The maximum Gasteiger partial charge on any atom is 0.307 e. The van der Waals surface area contributed by atoms with E-state index in [1.165, 1.54) is 13.3 Å². The van der Waals surface area contributed by atoms with Crippen LogP contribution >= 0.6 is 0 Å². The van der Waals surface area contributed by atoms with Crippen molar-refractivity contribution in [1.82, 2.24) is 9.88 Å². The maximum atomic E-state index is 12.6. The van der Waals surface area contributed by atoms with Gasteiger partial charge in [-0.3, -0.25) is 14.6 Å². The molecule has 0 fully saturated rings. The zero-order chi connectivity index (χ0) is 18.8. The summed E-state index contributed by atoms with van der Waals surface area (Å²) in [7, 11) is 2.92. The van der Waals surface area contributed by atoms with Crippen LogP contribution in [0.25, 0.3) is 0 Å².